The second kappa shape index (κ2) is 6.77. The fourth-order valence-corrected chi connectivity index (χ4v) is 3.74. The minimum atomic E-state index is -0.992. The molecule has 27 heavy (non-hydrogen) atoms. The smallest absolute Gasteiger partial charge is 0.335 e. The van der Waals surface area contributed by atoms with E-state index in [0.717, 1.165) is 26.9 Å². The van der Waals surface area contributed by atoms with Crippen LogP contribution in [0.4, 0.5) is 15.9 Å². The molecule has 0 amide bonds. The molecule has 0 aliphatic rings. The third-order valence-electron chi connectivity index (χ3n) is 4.26. The number of benzene rings is 2. The van der Waals surface area contributed by atoms with Crippen molar-refractivity contribution in [2.24, 2.45) is 0 Å². The van der Waals surface area contributed by atoms with E-state index >= 15 is 0 Å². The molecule has 0 aliphatic heterocycles. The van der Waals surface area contributed by atoms with Crippen molar-refractivity contribution in [3.05, 3.63) is 71.1 Å². The topological polar surface area (TPSA) is 75.1 Å². The zero-order valence-corrected chi connectivity index (χ0v) is 15.0. The number of hydrogen-bond acceptors (Lipinski definition) is 5. The van der Waals surface area contributed by atoms with Gasteiger partial charge in [-0.1, -0.05) is 18.2 Å². The van der Waals surface area contributed by atoms with E-state index in [4.69, 9.17) is 0 Å². The van der Waals surface area contributed by atoms with Gasteiger partial charge in [-0.05, 0) is 42.3 Å². The summed E-state index contributed by atoms with van der Waals surface area (Å²) in [7, 11) is 0. The van der Waals surface area contributed by atoms with Crippen LogP contribution >= 0.6 is 11.3 Å². The lowest BCUT2D eigenvalue weighted by Crippen LogP contribution is -2.01. The minimum absolute atomic E-state index is 0.192. The maximum absolute atomic E-state index is 13.3. The van der Waals surface area contributed by atoms with Crippen molar-refractivity contribution in [1.29, 1.82) is 0 Å². The number of aromatic carboxylic acids is 1. The number of aryl methyl sites for hydroxylation is 1. The van der Waals surface area contributed by atoms with E-state index in [1.807, 2.05) is 12.3 Å². The van der Waals surface area contributed by atoms with Crippen LogP contribution in [0, 0.1) is 12.7 Å². The molecule has 0 spiro atoms. The first-order chi connectivity index (χ1) is 13.0. The number of nitrogens with one attached hydrogen (secondary N) is 1. The molecule has 0 aliphatic carbocycles. The van der Waals surface area contributed by atoms with Gasteiger partial charge >= 0.3 is 5.97 Å². The van der Waals surface area contributed by atoms with E-state index in [9.17, 15) is 14.3 Å². The fourth-order valence-electron chi connectivity index (χ4n) is 2.83. The van der Waals surface area contributed by atoms with Gasteiger partial charge in [0.05, 0.1) is 10.9 Å². The van der Waals surface area contributed by atoms with Gasteiger partial charge in [-0.3, -0.25) is 0 Å². The number of hydrogen-bond donors (Lipinski definition) is 2. The quantitative estimate of drug-likeness (QED) is 0.507. The number of carbonyl (C=O) groups is 1. The van der Waals surface area contributed by atoms with Gasteiger partial charge in [-0.25, -0.2) is 19.2 Å². The monoisotopic (exact) mass is 379 g/mol. The van der Waals surface area contributed by atoms with Gasteiger partial charge in [-0.15, -0.1) is 11.3 Å². The molecule has 0 radical (unpaired) electrons. The van der Waals surface area contributed by atoms with Gasteiger partial charge in [0.2, 0.25) is 0 Å². The Morgan fingerprint density at radius 3 is 2.67 bits per heavy atom. The molecule has 5 nitrogen and oxygen atoms in total. The summed E-state index contributed by atoms with van der Waals surface area (Å²) in [6, 6.07) is 11.1. The Hall–Kier alpha value is -3.32. The number of thiophene rings is 1. The molecule has 2 aromatic heterocycles. The second-order valence-corrected chi connectivity index (χ2v) is 6.88. The molecule has 0 atom stereocenters. The summed E-state index contributed by atoms with van der Waals surface area (Å²) in [6.45, 7) is 1.89. The molecule has 2 aromatic carbocycles. The van der Waals surface area contributed by atoms with Crippen LogP contribution in [0.3, 0.4) is 0 Å². The van der Waals surface area contributed by atoms with Gasteiger partial charge in [0.15, 0.2) is 0 Å². The summed E-state index contributed by atoms with van der Waals surface area (Å²) < 4.78 is 13.3. The van der Waals surface area contributed by atoms with Crippen molar-refractivity contribution in [3.8, 4) is 11.1 Å². The van der Waals surface area contributed by atoms with Gasteiger partial charge in [0.25, 0.3) is 0 Å². The summed E-state index contributed by atoms with van der Waals surface area (Å²) >= 11 is 1.47. The van der Waals surface area contributed by atoms with Crippen LogP contribution in [0.15, 0.2) is 54.2 Å². The van der Waals surface area contributed by atoms with E-state index in [1.54, 1.807) is 30.3 Å². The molecule has 0 fully saturated rings. The standard InChI is InChI=1S/C20H14FN3O2S/c1-11-2-3-13(20(25)26)8-16(11)24-18-17-15(9-27-19(17)23-10-22-18)12-4-6-14(21)7-5-12/h2-10H,1H3,(H,25,26)(H,22,23,24). The minimum Gasteiger partial charge on any atom is -0.478 e. The molecular weight excluding hydrogens is 365 g/mol. The van der Waals surface area contributed by atoms with Gasteiger partial charge in [0.1, 0.15) is 22.8 Å². The van der Waals surface area contributed by atoms with Gasteiger partial charge in [-0.2, -0.15) is 0 Å². The number of halogens is 1. The fraction of sp³-hybridized carbons (Fsp3) is 0.0500. The van der Waals surface area contributed by atoms with E-state index in [-0.39, 0.29) is 11.4 Å². The summed E-state index contributed by atoms with van der Waals surface area (Å²) in [6.07, 6.45) is 1.46. The van der Waals surface area contributed by atoms with Crippen LogP contribution in [0.1, 0.15) is 15.9 Å². The van der Waals surface area contributed by atoms with Crippen molar-refractivity contribution in [3.63, 3.8) is 0 Å². The molecule has 0 saturated carbocycles. The zero-order valence-electron chi connectivity index (χ0n) is 14.2. The molecular formula is C20H14FN3O2S. The summed E-state index contributed by atoms with van der Waals surface area (Å²) in [5.41, 5.74) is 3.50. The van der Waals surface area contributed by atoms with Crippen LogP contribution in [-0.2, 0) is 0 Å². The van der Waals surface area contributed by atoms with Gasteiger partial charge in [0, 0.05) is 16.6 Å². The van der Waals surface area contributed by atoms with Gasteiger partial charge < -0.3 is 10.4 Å². The number of fused-ring (bicyclic) bond motifs is 1. The first-order valence-electron chi connectivity index (χ1n) is 8.12. The number of rotatable bonds is 4. The van der Waals surface area contributed by atoms with Crippen LogP contribution in [-0.4, -0.2) is 21.0 Å². The Morgan fingerprint density at radius 2 is 1.93 bits per heavy atom. The van der Waals surface area contributed by atoms with Crippen molar-refractivity contribution < 1.29 is 14.3 Å². The van der Waals surface area contributed by atoms with Crippen LogP contribution in [0.25, 0.3) is 21.3 Å². The summed E-state index contributed by atoms with van der Waals surface area (Å²) in [5, 5.41) is 15.2. The number of anilines is 2. The predicted octanol–water partition coefficient (Wildman–Crippen LogP) is 5.25. The highest BCUT2D eigenvalue weighted by molar-refractivity contribution is 7.17. The number of aromatic nitrogens is 2. The molecule has 0 unspecified atom stereocenters. The number of carboxylic acids is 1. The zero-order chi connectivity index (χ0) is 19.0. The predicted molar refractivity (Wildman–Crippen MR) is 104 cm³/mol. The second-order valence-electron chi connectivity index (χ2n) is 6.02. The molecule has 2 N–H and O–H groups in total. The largest absolute Gasteiger partial charge is 0.478 e. The number of carboxylic acid groups (broad SMARTS) is 1. The van der Waals surface area contributed by atoms with Crippen LogP contribution in [0.2, 0.25) is 0 Å². The summed E-state index contributed by atoms with van der Waals surface area (Å²) in [5.74, 6) is -0.714. The van der Waals surface area contributed by atoms with E-state index < -0.39 is 5.97 Å². The number of nitrogens with zero attached hydrogens (tertiary/aromatic N) is 2. The maximum atomic E-state index is 13.3. The SMILES string of the molecule is Cc1ccc(C(=O)O)cc1Nc1ncnc2scc(-c3ccc(F)cc3)c12. The lowest BCUT2D eigenvalue weighted by atomic mass is 10.1. The van der Waals surface area contributed by atoms with E-state index in [0.29, 0.717) is 11.5 Å². The van der Waals surface area contributed by atoms with Crippen LogP contribution in [0.5, 0.6) is 0 Å². The molecule has 4 aromatic rings. The third kappa shape index (κ3) is 3.24. The maximum Gasteiger partial charge on any atom is 0.335 e. The van der Waals surface area contributed by atoms with Crippen molar-refractivity contribution in [2.45, 2.75) is 6.92 Å². The Bertz CT molecular complexity index is 1160. The van der Waals surface area contributed by atoms with E-state index in [1.165, 1.54) is 29.8 Å². The first kappa shape index (κ1) is 17.1. The molecule has 0 saturated heterocycles. The van der Waals surface area contributed by atoms with Crippen molar-refractivity contribution in [1.82, 2.24) is 9.97 Å². The molecule has 0 bridgehead atoms. The first-order valence-corrected chi connectivity index (χ1v) is 9.00. The highest BCUT2D eigenvalue weighted by atomic mass is 32.1. The lowest BCUT2D eigenvalue weighted by molar-refractivity contribution is 0.0697. The molecule has 4 rings (SSSR count). The van der Waals surface area contributed by atoms with Crippen molar-refractivity contribution in [2.75, 3.05) is 5.32 Å². The lowest BCUT2D eigenvalue weighted by Gasteiger charge is -2.11. The van der Waals surface area contributed by atoms with Crippen molar-refractivity contribution >= 4 is 39.0 Å². The Kier molecular flexibility index (Phi) is 4.29. The summed E-state index contributed by atoms with van der Waals surface area (Å²) in [4.78, 5) is 20.7. The average Bonchev–Trinajstić information content (AvgIpc) is 3.09. The Morgan fingerprint density at radius 1 is 1.15 bits per heavy atom. The normalized spacial score (nSPS) is 10.9. The van der Waals surface area contributed by atoms with Crippen LogP contribution < -0.4 is 5.32 Å². The highest BCUT2D eigenvalue weighted by Gasteiger charge is 2.15. The third-order valence-corrected chi connectivity index (χ3v) is 5.15. The molecule has 134 valence electrons. The Labute approximate surface area is 158 Å². The average molecular weight is 379 g/mol. The molecule has 2 heterocycles. The highest BCUT2D eigenvalue weighted by Crippen LogP contribution is 2.37. The van der Waals surface area contributed by atoms with E-state index in [2.05, 4.69) is 15.3 Å². The molecule has 7 heteroatoms. The Balaban J connectivity index is 1.83.